The lowest BCUT2D eigenvalue weighted by atomic mass is 10.2. The maximum absolute atomic E-state index is 13.0. The Kier molecular flexibility index (Phi) is 4.50. The lowest BCUT2D eigenvalue weighted by molar-refractivity contribution is -0.139. The number of carboxylic acid groups (broad SMARTS) is 1. The summed E-state index contributed by atoms with van der Waals surface area (Å²) in [4.78, 5) is 22.2. The molecule has 0 heterocycles. The smallest absolute Gasteiger partial charge is 0.341 e. The molecule has 108 valence electrons. The highest BCUT2D eigenvalue weighted by atomic mass is 19.1. The molecule has 1 amide bonds. The number of ether oxygens (including phenoxy) is 1. The van der Waals surface area contributed by atoms with Gasteiger partial charge in [-0.1, -0.05) is 6.07 Å². The quantitative estimate of drug-likeness (QED) is 0.887. The standard InChI is InChI=1S/C15H12FNO4/c16-11-3-1-2-10(8-11)15(20)17-12-4-6-13(7-5-12)21-9-14(18)19/h1-8H,9H2,(H,17,20)(H,18,19). The van der Waals surface area contributed by atoms with Crippen LogP contribution in [0.1, 0.15) is 10.4 Å². The second kappa shape index (κ2) is 6.51. The van der Waals surface area contributed by atoms with Crippen LogP contribution in [0.5, 0.6) is 5.75 Å². The molecule has 0 fully saturated rings. The summed E-state index contributed by atoms with van der Waals surface area (Å²) < 4.78 is 18.0. The van der Waals surface area contributed by atoms with Crippen LogP contribution in [0, 0.1) is 5.82 Å². The predicted molar refractivity (Wildman–Crippen MR) is 73.9 cm³/mol. The van der Waals surface area contributed by atoms with Gasteiger partial charge in [-0.05, 0) is 42.5 Å². The molecule has 2 aromatic carbocycles. The highest BCUT2D eigenvalue weighted by Gasteiger charge is 2.07. The summed E-state index contributed by atoms with van der Waals surface area (Å²) in [6.07, 6.45) is 0. The van der Waals surface area contributed by atoms with Crippen molar-refractivity contribution in [2.45, 2.75) is 0 Å². The third kappa shape index (κ3) is 4.31. The Balaban J connectivity index is 2.00. The number of hydrogen-bond donors (Lipinski definition) is 2. The van der Waals surface area contributed by atoms with Crippen molar-refractivity contribution in [3.8, 4) is 5.75 Å². The van der Waals surface area contributed by atoms with Crippen LogP contribution >= 0.6 is 0 Å². The molecule has 0 atom stereocenters. The minimum absolute atomic E-state index is 0.209. The maximum Gasteiger partial charge on any atom is 0.341 e. The second-order valence-corrected chi connectivity index (χ2v) is 4.17. The van der Waals surface area contributed by atoms with Crippen molar-refractivity contribution in [3.05, 3.63) is 59.9 Å². The van der Waals surface area contributed by atoms with Gasteiger partial charge in [0.05, 0.1) is 0 Å². The first-order valence-corrected chi connectivity index (χ1v) is 6.06. The zero-order valence-corrected chi connectivity index (χ0v) is 10.9. The maximum atomic E-state index is 13.0. The van der Waals surface area contributed by atoms with E-state index in [1.165, 1.54) is 30.3 Å². The number of nitrogens with one attached hydrogen (secondary N) is 1. The molecule has 2 N–H and O–H groups in total. The van der Waals surface area contributed by atoms with Crippen LogP contribution in [0.15, 0.2) is 48.5 Å². The molecule has 0 saturated heterocycles. The minimum atomic E-state index is -1.07. The van der Waals surface area contributed by atoms with E-state index in [1.807, 2.05) is 0 Å². The van der Waals surface area contributed by atoms with Gasteiger partial charge in [0.25, 0.3) is 5.91 Å². The summed E-state index contributed by atoms with van der Waals surface area (Å²) in [6.45, 7) is -0.436. The largest absolute Gasteiger partial charge is 0.482 e. The molecular weight excluding hydrogens is 277 g/mol. The number of hydrogen-bond acceptors (Lipinski definition) is 3. The van der Waals surface area contributed by atoms with E-state index in [1.54, 1.807) is 12.1 Å². The Hall–Kier alpha value is -2.89. The molecule has 0 unspecified atom stereocenters. The van der Waals surface area contributed by atoms with Gasteiger partial charge in [0.2, 0.25) is 0 Å². The molecule has 0 aromatic heterocycles. The van der Waals surface area contributed by atoms with Gasteiger partial charge < -0.3 is 15.2 Å². The summed E-state index contributed by atoms with van der Waals surface area (Å²) in [6, 6.07) is 11.5. The zero-order chi connectivity index (χ0) is 15.2. The van der Waals surface area contributed by atoms with Crippen molar-refractivity contribution in [1.29, 1.82) is 0 Å². The van der Waals surface area contributed by atoms with Gasteiger partial charge >= 0.3 is 5.97 Å². The van der Waals surface area contributed by atoms with Gasteiger partial charge in [0, 0.05) is 11.3 Å². The van der Waals surface area contributed by atoms with E-state index in [4.69, 9.17) is 9.84 Å². The Labute approximate surface area is 120 Å². The van der Waals surface area contributed by atoms with E-state index >= 15 is 0 Å². The van der Waals surface area contributed by atoms with Crippen LogP contribution in [-0.4, -0.2) is 23.6 Å². The van der Waals surface area contributed by atoms with Crippen molar-refractivity contribution in [1.82, 2.24) is 0 Å². The average molecular weight is 289 g/mol. The van der Waals surface area contributed by atoms with E-state index in [-0.39, 0.29) is 5.56 Å². The first kappa shape index (κ1) is 14.5. The highest BCUT2D eigenvalue weighted by molar-refractivity contribution is 6.04. The number of carbonyl (C=O) groups excluding carboxylic acids is 1. The normalized spacial score (nSPS) is 9.95. The van der Waals surface area contributed by atoms with E-state index < -0.39 is 24.3 Å². The van der Waals surface area contributed by atoms with Gasteiger partial charge in [-0.25, -0.2) is 9.18 Å². The fourth-order valence-corrected chi connectivity index (χ4v) is 1.61. The molecule has 6 heteroatoms. The van der Waals surface area contributed by atoms with Crippen LogP contribution in [0.3, 0.4) is 0 Å². The van der Waals surface area contributed by atoms with Gasteiger partial charge in [-0.2, -0.15) is 0 Å². The minimum Gasteiger partial charge on any atom is -0.482 e. The van der Waals surface area contributed by atoms with Crippen molar-refractivity contribution in [2.75, 3.05) is 11.9 Å². The molecule has 0 radical (unpaired) electrons. The number of aliphatic carboxylic acids is 1. The Morgan fingerprint density at radius 2 is 1.86 bits per heavy atom. The van der Waals surface area contributed by atoms with Crippen molar-refractivity contribution in [2.24, 2.45) is 0 Å². The van der Waals surface area contributed by atoms with Crippen molar-refractivity contribution in [3.63, 3.8) is 0 Å². The third-order valence-electron chi connectivity index (χ3n) is 2.56. The number of halogens is 1. The van der Waals surface area contributed by atoms with E-state index in [0.717, 1.165) is 6.07 Å². The Morgan fingerprint density at radius 3 is 2.48 bits per heavy atom. The van der Waals surface area contributed by atoms with Crippen molar-refractivity contribution < 1.29 is 23.8 Å². The molecule has 0 spiro atoms. The topological polar surface area (TPSA) is 75.6 Å². The first-order valence-electron chi connectivity index (χ1n) is 6.06. The van der Waals surface area contributed by atoms with Crippen LogP contribution in [0.25, 0.3) is 0 Å². The van der Waals surface area contributed by atoms with Gasteiger partial charge in [-0.15, -0.1) is 0 Å². The van der Waals surface area contributed by atoms with Gasteiger partial charge in [0.1, 0.15) is 11.6 Å². The first-order chi connectivity index (χ1) is 10.0. The van der Waals surface area contributed by atoms with Crippen LogP contribution in [0.2, 0.25) is 0 Å². The summed E-state index contributed by atoms with van der Waals surface area (Å²) in [5.41, 5.74) is 0.702. The Bertz CT molecular complexity index is 655. The lowest BCUT2D eigenvalue weighted by Gasteiger charge is -2.07. The summed E-state index contributed by atoms with van der Waals surface area (Å²) >= 11 is 0. The number of amides is 1. The molecule has 0 aliphatic rings. The summed E-state index contributed by atoms with van der Waals surface area (Å²) in [7, 11) is 0. The lowest BCUT2D eigenvalue weighted by Crippen LogP contribution is -2.12. The van der Waals surface area contributed by atoms with Gasteiger partial charge in [0.15, 0.2) is 6.61 Å². The number of benzene rings is 2. The number of carbonyl (C=O) groups is 2. The Morgan fingerprint density at radius 1 is 1.14 bits per heavy atom. The molecule has 5 nitrogen and oxygen atoms in total. The molecule has 0 aliphatic carbocycles. The van der Waals surface area contributed by atoms with E-state index in [2.05, 4.69) is 5.32 Å². The molecule has 2 rings (SSSR count). The molecule has 0 aliphatic heterocycles. The van der Waals surface area contributed by atoms with Crippen LogP contribution in [0.4, 0.5) is 10.1 Å². The molecular formula is C15H12FNO4. The number of rotatable bonds is 5. The molecule has 2 aromatic rings. The molecule has 21 heavy (non-hydrogen) atoms. The molecule has 0 saturated carbocycles. The van der Waals surface area contributed by atoms with Crippen LogP contribution < -0.4 is 10.1 Å². The predicted octanol–water partition coefficient (Wildman–Crippen LogP) is 2.54. The summed E-state index contributed by atoms with van der Waals surface area (Å²) in [5, 5.41) is 11.1. The average Bonchev–Trinajstić information content (AvgIpc) is 2.46. The van der Waals surface area contributed by atoms with Crippen LogP contribution in [-0.2, 0) is 4.79 Å². The summed E-state index contributed by atoms with van der Waals surface area (Å²) in [5.74, 6) is -1.62. The number of anilines is 1. The zero-order valence-electron chi connectivity index (χ0n) is 10.9. The SMILES string of the molecule is O=C(O)COc1ccc(NC(=O)c2cccc(F)c2)cc1. The second-order valence-electron chi connectivity index (χ2n) is 4.17. The third-order valence-corrected chi connectivity index (χ3v) is 2.56. The van der Waals surface area contributed by atoms with E-state index in [0.29, 0.717) is 11.4 Å². The fraction of sp³-hybridized carbons (Fsp3) is 0.0667. The molecule has 0 bridgehead atoms. The fourth-order valence-electron chi connectivity index (χ4n) is 1.61. The van der Waals surface area contributed by atoms with Gasteiger partial charge in [-0.3, -0.25) is 4.79 Å². The number of carboxylic acids is 1. The van der Waals surface area contributed by atoms with Crippen molar-refractivity contribution >= 4 is 17.6 Å². The van der Waals surface area contributed by atoms with E-state index in [9.17, 15) is 14.0 Å². The highest BCUT2D eigenvalue weighted by Crippen LogP contribution is 2.16. The monoisotopic (exact) mass is 289 g/mol.